The van der Waals surface area contributed by atoms with Crippen molar-refractivity contribution in [1.29, 1.82) is 0 Å². The topological polar surface area (TPSA) is 90.2 Å². The number of alkyl halides is 2. The van der Waals surface area contributed by atoms with Gasteiger partial charge < -0.3 is 5.73 Å². The number of rotatable bonds is 4. The van der Waals surface area contributed by atoms with Crippen LogP contribution in [0.3, 0.4) is 0 Å². The first-order chi connectivity index (χ1) is 17.7. The Morgan fingerprint density at radius 1 is 1.11 bits per heavy atom. The number of nitrogens with zero attached hydrogens (tertiary/aromatic N) is 3. The Balaban J connectivity index is 1.71. The number of aliphatic imine (C=N–C) groups is 1. The highest BCUT2D eigenvalue weighted by Gasteiger charge is 2.39. The molecule has 0 fully saturated rings. The van der Waals surface area contributed by atoms with Gasteiger partial charge in [-0.2, -0.15) is 8.78 Å². The van der Waals surface area contributed by atoms with Gasteiger partial charge in [-0.05, 0) is 66.5 Å². The smallest absolute Gasteiger partial charge is 0.313 e. The lowest BCUT2D eigenvalue weighted by Gasteiger charge is -2.35. The third-order valence-electron chi connectivity index (χ3n) is 7.11. The van der Waals surface area contributed by atoms with E-state index in [1.54, 1.807) is 24.4 Å². The van der Waals surface area contributed by atoms with Crippen LogP contribution in [0.5, 0.6) is 0 Å². The molecule has 0 radical (unpaired) electrons. The largest absolute Gasteiger partial charge is 0.344 e. The standard InChI is InChI=1S/C29H28ClF2N5/c1-18-10-11-21(17-35-16-18)28(33,24-9-5-6-14-36-24)20-12-13-23-22(15-20)26(30)25(19-7-3-2-4-8-19)27(37-23)29(31,32)34/h2-7,9,12-14,16-18H,8,10-11,15,33-34H2,1H3. The third kappa shape index (κ3) is 4.75. The molecule has 2 unspecified atom stereocenters. The molecule has 4 N–H and O–H groups in total. The monoisotopic (exact) mass is 519 g/mol. The molecule has 5 rings (SSSR count). The van der Waals surface area contributed by atoms with E-state index < -0.39 is 17.3 Å². The van der Waals surface area contributed by atoms with Gasteiger partial charge >= 0.3 is 6.05 Å². The van der Waals surface area contributed by atoms with Crippen LogP contribution in [0.4, 0.5) is 8.78 Å². The number of nitrogens with two attached hydrogens (primary N) is 2. The molecular formula is C29H28ClF2N5. The fourth-order valence-electron chi connectivity index (χ4n) is 5.08. The summed E-state index contributed by atoms with van der Waals surface area (Å²) in [6, 6.07) is 1.98. The molecule has 3 aliphatic rings. The second-order valence-corrected chi connectivity index (χ2v) is 10.1. The zero-order chi connectivity index (χ0) is 26.2. The van der Waals surface area contributed by atoms with E-state index in [0.29, 0.717) is 40.9 Å². The second-order valence-electron chi connectivity index (χ2n) is 9.68. The van der Waals surface area contributed by atoms with Crippen LogP contribution < -0.4 is 22.0 Å². The lowest BCUT2D eigenvalue weighted by molar-refractivity contribution is -0.00291. The van der Waals surface area contributed by atoms with Crippen LogP contribution in [0.25, 0.3) is 11.6 Å². The van der Waals surface area contributed by atoms with Crippen molar-refractivity contribution in [3.8, 4) is 0 Å². The van der Waals surface area contributed by atoms with Gasteiger partial charge in [-0.1, -0.05) is 55.0 Å². The van der Waals surface area contributed by atoms with Crippen LogP contribution in [0.1, 0.15) is 43.1 Å². The molecule has 2 aromatic heterocycles. The van der Waals surface area contributed by atoms with Crippen molar-refractivity contribution in [2.24, 2.45) is 22.4 Å². The number of pyridine rings is 2. The quantitative estimate of drug-likeness (QED) is 0.589. The van der Waals surface area contributed by atoms with Crippen LogP contribution in [0, 0.1) is 5.92 Å². The van der Waals surface area contributed by atoms with Crippen molar-refractivity contribution in [1.82, 2.24) is 9.97 Å². The molecular weight excluding hydrogens is 492 g/mol. The van der Waals surface area contributed by atoms with E-state index in [-0.39, 0.29) is 10.2 Å². The number of allylic oxidation sites excluding steroid dienone is 5. The van der Waals surface area contributed by atoms with Crippen LogP contribution in [-0.4, -0.2) is 16.2 Å². The number of aromatic nitrogens is 2. The normalized spacial score (nSPS) is 22.4. The maximum atomic E-state index is 14.5. The lowest BCUT2D eigenvalue weighted by Crippen LogP contribution is -2.45. The highest BCUT2D eigenvalue weighted by atomic mass is 35.5. The Bertz CT molecular complexity index is 1500. The summed E-state index contributed by atoms with van der Waals surface area (Å²) in [5.41, 5.74) is 14.6. The first-order valence-electron chi connectivity index (χ1n) is 12.3. The zero-order valence-electron chi connectivity index (χ0n) is 20.5. The van der Waals surface area contributed by atoms with E-state index >= 15 is 0 Å². The van der Waals surface area contributed by atoms with Crippen LogP contribution in [0.2, 0.25) is 5.02 Å². The average Bonchev–Trinajstić information content (AvgIpc) is 3.13. The van der Waals surface area contributed by atoms with Gasteiger partial charge in [0.15, 0.2) is 0 Å². The fourth-order valence-corrected chi connectivity index (χ4v) is 5.46. The van der Waals surface area contributed by atoms with E-state index in [1.165, 1.54) is 0 Å². The minimum Gasteiger partial charge on any atom is -0.313 e. The van der Waals surface area contributed by atoms with Gasteiger partial charge in [-0.3, -0.25) is 15.7 Å². The predicted octanol–water partition coefficient (Wildman–Crippen LogP) is 4.31. The Morgan fingerprint density at radius 3 is 2.65 bits per heavy atom. The molecule has 2 atom stereocenters. The molecule has 2 aromatic rings. The van der Waals surface area contributed by atoms with Crippen molar-refractivity contribution in [2.45, 2.75) is 44.2 Å². The molecule has 37 heavy (non-hydrogen) atoms. The van der Waals surface area contributed by atoms with Crippen molar-refractivity contribution in [2.75, 3.05) is 0 Å². The van der Waals surface area contributed by atoms with E-state index in [9.17, 15) is 8.78 Å². The number of hydrogen-bond acceptors (Lipinski definition) is 5. The lowest BCUT2D eigenvalue weighted by atomic mass is 9.74. The number of halogens is 3. The highest BCUT2D eigenvalue weighted by molar-refractivity contribution is 6.31. The number of hydrogen-bond donors (Lipinski definition) is 2. The molecule has 8 heteroatoms. The summed E-state index contributed by atoms with van der Waals surface area (Å²) >= 11 is 6.91. The van der Waals surface area contributed by atoms with Gasteiger partial charge in [0.25, 0.3) is 0 Å². The summed E-state index contributed by atoms with van der Waals surface area (Å²) in [7, 11) is 0. The van der Waals surface area contributed by atoms with Gasteiger partial charge in [-0.25, -0.2) is 4.98 Å². The molecule has 5 nitrogen and oxygen atoms in total. The molecule has 0 bridgehead atoms. The van der Waals surface area contributed by atoms with Crippen molar-refractivity contribution in [3.63, 3.8) is 0 Å². The Morgan fingerprint density at radius 2 is 1.95 bits per heavy atom. The fraction of sp³-hybridized carbons (Fsp3) is 0.276. The summed E-state index contributed by atoms with van der Waals surface area (Å²) in [5, 5.41) is 0.751. The van der Waals surface area contributed by atoms with Crippen molar-refractivity contribution < 1.29 is 8.78 Å². The van der Waals surface area contributed by atoms with E-state index in [0.717, 1.165) is 24.0 Å². The second kappa shape index (κ2) is 9.89. The summed E-state index contributed by atoms with van der Waals surface area (Å²) in [6.07, 6.45) is 18.7. The zero-order valence-corrected chi connectivity index (χ0v) is 21.2. The molecule has 1 aliphatic heterocycles. The minimum absolute atomic E-state index is 0.177. The average molecular weight is 520 g/mol. The molecule has 0 spiro atoms. The summed E-state index contributed by atoms with van der Waals surface area (Å²) in [4.78, 5) is 13.4. The molecule has 0 amide bonds. The maximum Gasteiger partial charge on any atom is 0.344 e. The molecule has 3 heterocycles. The van der Waals surface area contributed by atoms with Crippen molar-refractivity contribution >= 4 is 29.5 Å². The summed E-state index contributed by atoms with van der Waals surface area (Å²) in [5.74, 6) is 0.321. The van der Waals surface area contributed by atoms with Gasteiger partial charge in [0.05, 0.1) is 16.1 Å². The SMILES string of the molecule is CC1C=NC=C(C(N)(C2=CC=c3nc(C(N)(F)F)c(=C4C=CC=CC4)c(Cl)c3C2)c2ccccn2)CC1. The van der Waals surface area contributed by atoms with Gasteiger partial charge in [0, 0.05) is 29.4 Å². The Kier molecular flexibility index (Phi) is 6.79. The van der Waals surface area contributed by atoms with Gasteiger partial charge in [0.2, 0.25) is 0 Å². The first kappa shape index (κ1) is 25.4. The molecule has 0 saturated carbocycles. The third-order valence-corrected chi connectivity index (χ3v) is 7.53. The van der Waals surface area contributed by atoms with Crippen LogP contribution in [-0.2, 0) is 18.0 Å². The summed E-state index contributed by atoms with van der Waals surface area (Å²) in [6.45, 7) is 2.12. The maximum absolute atomic E-state index is 14.5. The molecule has 2 aliphatic carbocycles. The molecule has 190 valence electrons. The molecule has 0 saturated heterocycles. The van der Waals surface area contributed by atoms with Gasteiger partial charge in [0.1, 0.15) is 11.2 Å². The van der Waals surface area contributed by atoms with Crippen molar-refractivity contribution in [3.05, 3.63) is 105 Å². The predicted molar refractivity (Wildman–Crippen MR) is 144 cm³/mol. The Hall–Kier alpha value is -3.26. The van der Waals surface area contributed by atoms with E-state index in [2.05, 4.69) is 21.9 Å². The van der Waals surface area contributed by atoms with E-state index in [4.69, 9.17) is 23.1 Å². The highest BCUT2D eigenvalue weighted by Crippen LogP contribution is 2.39. The number of fused-ring (bicyclic) bond motifs is 1. The molecule has 0 aromatic carbocycles. The first-order valence-corrected chi connectivity index (χ1v) is 12.6. The summed E-state index contributed by atoms with van der Waals surface area (Å²) < 4.78 is 29.1. The van der Waals surface area contributed by atoms with Gasteiger partial charge in [-0.15, -0.1) is 0 Å². The van der Waals surface area contributed by atoms with Crippen LogP contribution >= 0.6 is 11.6 Å². The van der Waals surface area contributed by atoms with Crippen LogP contribution in [0.15, 0.2) is 77.1 Å². The minimum atomic E-state index is -3.65. The Labute approximate surface area is 219 Å². The van der Waals surface area contributed by atoms with E-state index in [1.807, 2.05) is 48.8 Å².